The summed E-state index contributed by atoms with van der Waals surface area (Å²) < 4.78 is 6.07. The highest BCUT2D eigenvalue weighted by Crippen LogP contribution is 2.28. The van der Waals surface area contributed by atoms with E-state index in [4.69, 9.17) is 4.74 Å². The molecular formula is C15H19BrN2O3. The maximum absolute atomic E-state index is 12.6. The quantitative estimate of drug-likeness (QED) is 0.903. The average Bonchev–Trinajstić information content (AvgIpc) is 2.58. The number of nitrogens with one attached hydrogen (secondary N) is 1. The number of hydrogen-bond acceptors (Lipinski definition) is 3. The van der Waals surface area contributed by atoms with Gasteiger partial charge in [0.15, 0.2) is 0 Å². The zero-order chi connectivity index (χ0) is 15.4. The van der Waals surface area contributed by atoms with Gasteiger partial charge in [0.2, 0.25) is 11.8 Å². The van der Waals surface area contributed by atoms with E-state index >= 15 is 0 Å². The maximum Gasteiger partial charge on any atom is 0.249 e. The van der Waals surface area contributed by atoms with Gasteiger partial charge in [0.25, 0.3) is 0 Å². The number of benzene rings is 1. The molecule has 0 aliphatic carbocycles. The lowest BCUT2D eigenvalue weighted by atomic mass is 10.1. The van der Waals surface area contributed by atoms with Gasteiger partial charge in [0, 0.05) is 29.2 Å². The highest BCUT2D eigenvalue weighted by Gasteiger charge is 2.30. The van der Waals surface area contributed by atoms with Gasteiger partial charge >= 0.3 is 0 Å². The van der Waals surface area contributed by atoms with Crippen LogP contribution in [-0.4, -0.2) is 31.5 Å². The second-order valence-corrected chi connectivity index (χ2v) is 5.91. The van der Waals surface area contributed by atoms with E-state index in [0.717, 1.165) is 16.6 Å². The first-order valence-corrected chi connectivity index (χ1v) is 7.79. The van der Waals surface area contributed by atoms with Gasteiger partial charge in [-0.3, -0.25) is 9.59 Å². The lowest BCUT2D eigenvalue weighted by Gasteiger charge is -2.24. The fraction of sp³-hybridized carbons (Fsp3) is 0.467. The molecule has 6 heteroatoms. The Kier molecular flexibility index (Phi) is 5.22. The van der Waals surface area contributed by atoms with Crippen LogP contribution in [0.2, 0.25) is 0 Å². The maximum atomic E-state index is 12.6. The molecule has 1 N–H and O–H groups in total. The molecule has 0 saturated carbocycles. The summed E-state index contributed by atoms with van der Waals surface area (Å²) in [5, 5.41) is 2.80. The summed E-state index contributed by atoms with van der Waals surface area (Å²) in [5.41, 5.74) is 0.740. The third kappa shape index (κ3) is 3.75. The number of methoxy groups -OCH3 is 1. The van der Waals surface area contributed by atoms with E-state index in [0.29, 0.717) is 25.1 Å². The molecule has 114 valence electrons. The third-order valence-corrected chi connectivity index (χ3v) is 3.90. The molecule has 0 spiro atoms. The molecule has 21 heavy (non-hydrogen) atoms. The van der Waals surface area contributed by atoms with Crippen LogP contribution in [0.15, 0.2) is 22.7 Å². The highest BCUT2D eigenvalue weighted by atomic mass is 79.9. The molecular weight excluding hydrogens is 336 g/mol. The van der Waals surface area contributed by atoms with Crippen LogP contribution in [0.4, 0.5) is 5.69 Å². The molecule has 1 atom stereocenters. The van der Waals surface area contributed by atoms with Gasteiger partial charge < -0.3 is 15.0 Å². The molecule has 2 rings (SSSR count). The molecule has 1 saturated heterocycles. The van der Waals surface area contributed by atoms with Crippen molar-refractivity contribution >= 4 is 33.4 Å². The number of carbonyl (C=O) groups excluding carboxylic acids is 2. The molecule has 0 radical (unpaired) electrons. The van der Waals surface area contributed by atoms with Crippen molar-refractivity contribution in [3.63, 3.8) is 0 Å². The molecule has 2 amide bonds. The first-order valence-electron chi connectivity index (χ1n) is 7.00. The standard InChI is InChI=1S/C15H19BrN2O3/c1-3-4-13-15(20)18(6-5-14(19)17-13)11-7-10(16)8-12(9-11)21-2/h7-9,13H,3-6H2,1-2H3,(H,17,19). The van der Waals surface area contributed by atoms with Crippen LogP contribution in [0.5, 0.6) is 5.75 Å². The fourth-order valence-electron chi connectivity index (χ4n) is 2.40. The predicted molar refractivity (Wildman–Crippen MR) is 84.5 cm³/mol. The van der Waals surface area contributed by atoms with Crippen molar-refractivity contribution < 1.29 is 14.3 Å². The van der Waals surface area contributed by atoms with Crippen LogP contribution < -0.4 is 15.0 Å². The van der Waals surface area contributed by atoms with E-state index in [-0.39, 0.29) is 11.8 Å². The molecule has 1 aromatic rings. The molecule has 1 heterocycles. The minimum Gasteiger partial charge on any atom is -0.497 e. The largest absolute Gasteiger partial charge is 0.497 e. The smallest absolute Gasteiger partial charge is 0.249 e. The predicted octanol–water partition coefficient (Wildman–Crippen LogP) is 2.48. The first-order chi connectivity index (χ1) is 10.0. The second-order valence-electron chi connectivity index (χ2n) is 5.00. The Morgan fingerprint density at radius 3 is 2.81 bits per heavy atom. The van der Waals surface area contributed by atoms with Crippen LogP contribution in [0.1, 0.15) is 26.2 Å². The van der Waals surface area contributed by atoms with Crippen LogP contribution in [-0.2, 0) is 9.59 Å². The minimum absolute atomic E-state index is 0.0668. The molecule has 1 fully saturated rings. The van der Waals surface area contributed by atoms with Gasteiger partial charge in [-0.1, -0.05) is 29.3 Å². The van der Waals surface area contributed by atoms with E-state index in [2.05, 4.69) is 21.2 Å². The number of amides is 2. The van der Waals surface area contributed by atoms with Gasteiger partial charge in [0.1, 0.15) is 11.8 Å². The monoisotopic (exact) mass is 354 g/mol. The number of nitrogens with zero attached hydrogens (tertiary/aromatic N) is 1. The fourth-order valence-corrected chi connectivity index (χ4v) is 2.86. The van der Waals surface area contributed by atoms with E-state index in [1.807, 2.05) is 25.1 Å². The van der Waals surface area contributed by atoms with Gasteiger partial charge in [-0.15, -0.1) is 0 Å². The lowest BCUT2D eigenvalue weighted by Crippen LogP contribution is -2.44. The lowest BCUT2D eigenvalue weighted by molar-refractivity contribution is -0.125. The van der Waals surface area contributed by atoms with Crippen LogP contribution in [0, 0.1) is 0 Å². The van der Waals surface area contributed by atoms with Crippen molar-refractivity contribution in [3.8, 4) is 5.75 Å². The Morgan fingerprint density at radius 1 is 1.38 bits per heavy atom. The highest BCUT2D eigenvalue weighted by molar-refractivity contribution is 9.10. The van der Waals surface area contributed by atoms with Crippen molar-refractivity contribution in [1.29, 1.82) is 0 Å². The number of halogens is 1. The Hall–Kier alpha value is -1.56. The Morgan fingerprint density at radius 2 is 2.14 bits per heavy atom. The molecule has 1 aliphatic heterocycles. The molecule has 1 aliphatic rings. The Labute approximate surface area is 132 Å². The van der Waals surface area contributed by atoms with Gasteiger partial charge in [-0.25, -0.2) is 0 Å². The topological polar surface area (TPSA) is 58.6 Å². The first kappa shape index (κ1) is 15.8. The summed E-state index contributed by atoms with van der Waals surface area (Å²) in [6.45, 7) is 2.38. The number of ether oxygens (including phenoxy) is 1. The summed E-state index contributed by atoms with van der Waals surface area (Å²) in [4.78, 5) is 26.1. The Bertz CT molecular complexity index is 548. The molecule has 1 aromatic carbocycles. The summed E-state index contributed by atoms with van der Waals surface area (Å²) in [6, 6.07) is 5.05. The summed E-state index contributed by atoms with van der Waals surface area (Å²) in [7, 11) is 1.58. The minimum atomic E-state index is -0.449. The van der Waals surface area contributed by atoms with Crippen molar-refractivity contribution in [2.45, 2.75) is 32.2 Å². The average molecular weight is 355 g/mol. The van der Waals surface area contributed by atoms with Gasteiger partial charge in [-0.2, -0.15) is 0 Å². The summed E-state index contributed by atoms with van der Waals surface area (Å²) >= 11 is 3.42. The van der Waals surface area contributed by atoms with E-state index < -0.39 is 6.04 Å². The Balaban J connectivity index is 2.34. The number of hydrogen-bond donors (Lipinski definition) is 1. The summed E-state index contributed by atoms with van der Waals surface area (Å²) in [6.07, 6.45) is 1.79. The normalized spacial score (nSPS) is 19.2. The zero-order valence-corrected chi connectivity index (χ0v) is 13.8. The van der Waals surface area contributed by atoms with Gasteiger partial charge in [0.05, 0.1) is 7.11 Å². The van der Waals surface area contributed by atoms with Gasteiger partial charge in [-0.05, 0) is 18.6 Å². The summed E-state index contributed by atoms with van der Waals surface area (Å²) in [5.74, 6) is 0.525. The number of rotatable bonds is 4. The van der Waals surface area contributed by atoms with Crippen LogP contribution in [0.25, 0.3) is 0 Å². The SMILES string of the molecule is CCCC1NC(=O)CCN(c2cc(Br)cc(OC)c2)C1=O. The molecule has 1 unspecified atom stereocenters. The third-order valence-electron chi connectivity index (χ3n) is 3.44. The van der Waals surface area contributed by atoms with Crippen LogP contribution >= 0.6 is 15.9 Å². The van der Waals surface area contributed by atoms with E-state index in [1.54, 1.807) is 12.0 Å². The van der Waals surface area contributed by atoms with Crippen molar-refractivity contribution in [1.82, 2.24) is 5.32 Å². The van der Waals surface area contributed by atoms with Crippen molar-refractivity contribution in [3.05, 3.63) is 22.7 Å². The van der Waals surface area contributed by atoms with Crippen molar-refractivity contribution in [2.75, 3.05) is 18.6 Å². The molecule has 0 bridgehead atoms. The molecule has 5 nitrogen and oxygen atoms in total. The van der Waals surface area contributed by atoms with Crippen molar-refractivity contribution in [2.24, 2.45) is 0 Å². The van der Waals surface area contributed by atoms with E-state index in [9.17, 15) is 9.59 Å². The number of carbonyl (C=O) groups is 2. The molecule has 0 aromatic heterocycles. The second kappa shape index (κ2) is 6.93. The van der Waals surface area contributed by atoms with E-state index in [1.165, 1.54) is 0 Å². The number of anilines is 1. The van der Waals surface area contributed by atoms with Crippen LogP contribution in [0.3, 0.4) is 0 Å². The zero-order valence-electron chi connectivity index (χ0n) is 12.2.